The van der Waals surface area contributed by atoms with Gasteiger partial charge in [0.25, 0.3) is 0 Å². The summed E-state index contributed by atoms with van der Waals surface area (Å²) in [5.41, 5.74) is 5.78. The largest absolute Gasteiger partial charge is 0.348 e. The third kappa shape index (κ3) is 2.06. The number of H-pyrrole nitrogens is 1. The number of aromatic nitrogens is 4. The summed E-state index contributed by atoms with van der Waals surface area (Å²) < 4.78 is 1.94. The number of nitrogens with one attached hydrogen (secondary N) is 2. The van der Waals surface area contributed by atoms with Gasteiger partial charge < -0.3 is 10.3 Å². The number of imidazole rings is 1. The number of aryl methyl sites for hydroxylation is 1. The molecule has 106 valence electrons. The van der Waals surface area contributed by atoms with Crippen LogP contribution in [0.5, 0.6) is 0 Å². The van der Waals surface area contributed by atoms with Crippen LogP contribution >= 0.6 is 0 Å². The van der Waals surface area contributed by atoms with Gasteiger partial charge in [-0.2, -0.15) is 5.10 Å². The molecule has 2 aromatic heterocycles. The van der Waals surface area contributed by atoms with Crippen LogP contribution < -0.4 is 5.32 Å². The molecule has 3 heterocycles. The number of hydrogen-bond acceptors (Lipinski definition) is 3. The fraction of sp³-hybridized carbons (Fsp3) is 0.250. The number of benzene rings is 1. The van der Waals surface area contributed by atoms with Crippen molar-refractivity contribution in [1.29, 1.82) is 0 Å². The SMILES string of the molecule is Cc1ccccc1-n1cc([C@@H]2NCCc3[nH]cnc32)cn1. The average Bonchev–Trinajstić information content (AvgIpc) is 3.16. The second-order valence-electron chi connectivity index (χ2n) is 5.41. The summed E-state index contributed by atoms with van der Waals surface area (Å²) in [6.45, 7) is 3.05. The first kappa shape index (κ1) is 12.3. The zero-order valence-electron chi connectivity index (χ0n) is 11.9. The maximum absolute atomic E-state index is 4.52. The zero-order chi connectivity index (χ0) is 14.2. The minimum Gasteiger partial charge on any atom is -0.348 e. The third-order valence-electron chi connectivity index (χ3n) is 4.05. The Morgan fingerprint density at radius 3 is 3.10 bits per heavy atom. The van der Waals surface area contributed by atoms with Crippen molar-refractivity contribution in [3.8, 4) is 5.69 Å². The van der Waals surface area contributed by atoms with Crippen molar-refractivity contribution < 1.29 is 0 Å². The first-order chi connectivity index (χ1) is 10.3. The molecule has 2 N–H and O–H groups in total. The molecule has 0 spiro atoms. The standard InChI is InChI=1S/C16H17N5/c1-11-4-2-3-5-14(11)21-9-12(8-20-21)15-16-13(6-7-17-15)18-10-19-16/h2-5,8-10,15,17H,6-7H2,1H3,(H,18,19)/t15-/m0/s1. The molecule has 21 heavy (non-hydrogen) atoms. The van der Waals surface area contributed by atoms with Gasteiger partial charge in [0.1, 0.15) is 0 Å². The Labute approximate surface area is 123 Å². The lowest BCUT2D eigenvalue weighted by atomic mass is 10.0. The Bertz CT molecular complexity index is 770. The highest BCUT2D eigenvalue weighted by atomic mass is 15.3. The predicted molar refractivity (Wildman–Crippen MR) is 80.4 cm³/mol. The first-order valence-electron chi connectivity index (χ1n) is 7.19. The van der Waals surface area contributed by atoms with E-state index in [0.717, 1.165) is 29.9 Å². The normalized spacial score (nSPS) is 17.7. The van der Waals surface area contributed by atoms with E-state index in [-0.39, 0.29) is 6.04 Å². The summed E-state index contributed by atoms with van der Waals surface area (Å²) in [4.78, 5) is 7.69. The summed E-state index contributed by atoms with van der Waals surface area (Å²) >= 11 is 0. The molecule has 1 aliphatic rings. The molecular weight excluding hydrogens is 262 g/mol. The number of aromatic amines is 1. The van der Waals surface area contributed by atoms with Gasteiger partial charge >= 0.3 is 0 Å². The molecule has 3 aromatic rings. The van der Waals surface area contributed by atoms with E-state index in [9.17, 15) is 0 Å². The van der Waals surface area contributed by atoms with Crippen molar-refractivity contribution >= 4 is 0 Å². The van der Waals surface area contributed by atoms with Gasteiger partial charge in [-0.1, -0.05) is 18.2 Å². The van der Waals surface area contributed by atoms with Crippen LogP contribution in [0.25, 0.3) is 5.69 Å². The average molecular weight is 279 g/mol. The van der Waals surface area contributed by atoms with Crippen LogP contribution in [0.2, 0.25) is 0 Å². The quantitative estimate of drug-likeness (QED) is 0.755. The highest BCUT2D eigenvalue weighted by Gasteiger charge is 2.24. The molecule has 0 saturated carbocycles. The van der Waals surface area contributed by atoms with Crippen LogP contribution in [0.15, 0.2) is 43.0 Å². The molecule has 1 atom stereocenters. The molecule has 0 aliphatic carbocycles. The van der Waals surface area contributed by atoms with Gasteiger partial charge in [0.15, 0.2) is 0 Å². The molecule has 1 aromatic carbocycles. The van der Waals surface area contributed by atoms with Crippen molar-refractivity contribution in [3.63, 3.8) is 0 Å². The Hall–Kier alpha value is -2.40. The molecule has 1 aliphatic heterocycles. The first-order valence-corrected chi connectivity index (χ1v) is 7.19. The van der Waals surface area contributed by atoms with E-state index in [4.69, 9.17) is 0 Å². The molecule has 0 radical (unpaired) electrons. The van der Waals surface area contributed by atoms with Crippen LogP contribution in [0.1, 0.15) is 28.6 Å². The van der Waals surface area contributed by atoms with Gasteiger partial charge in [0.2, 0.25) is 0 Å². The Balaban J connectivity index is 1.72. The van der Waals surface area contributed by atoms with Gasteiger partial charge in [-0.25, -0.2) is 9.67 Å². The van der Waals surface area contributed by atoms with Gasteiger partial charge in [0, 0.05) is 30.4 Å². The summed E-state index contributed by atoms with van der Waals surface area (Å²) in [6, 6.07) is 8.38. The van der Waals surface area contributed by atoms with E-state index in [1.807, 2.05) is 23.0 Å². The maximum atomic E-state index is 4.52. The summed E-state index contributed by atoms with van der Waals surface area (Å²) in [5, 5.41) is 8.04. The highest BCUT2D eigenvalue weighted by Crippen LogP contribution is 2.26. The van der Waals surface area contributed by atoms with Crippen molar-refractivity contribution in [2.24, 2.45) is 0 Å². The van der Waals surface area contributed by atoms with Gasteiger partial charge in [0.05, 0.1) is 29.9 Å². The minimum atomic E-state index is 0.123. The molecule has 0 amide bonds. The lowest BCUT2D eigenvalue weighted by Crippen LogP contribution is -2.30. The van der Waals surface area contributed by atoms with Crippen LogP contribution in [-0.4, -0.2) is 26.3 Å². The summed E-state index contributed by atoms with van der Waals surface area (Å²) in [6.07, 6.45) is 6.78. The molecule has 4 rings (SSSR count). The second-order valence-corrected chi connectivity index (χ2v) is 5.41. The number of nitrogens with zero attached hydrogens (tertiary/aromatic N) is 3. The van der Waals surface area contributed by atoms with Crippen molar-refractivity contribution in [2.75, 3.05) is 6.54 Å². The lowest BCUT2D eigenvalue weighted by molar-refractivity contribution is 0.553. The number of hydrogen-bond donors (Lipinski definition) is 2. The molecular formula is C16H17N5. The van der Waals surface area contributed by atoms with E-state index in [1.165, 1.54) is 11.3 Å². The maximum Gasteiger partial charge on any atom is 0.0926 e. The monoisotopic (exact) mass is 279 g/mol. The number of rotatable bonds is 2. The van der Waals surface area contributed by atoms with E-state index in [2.05, 4.69) is 45.6 Å². The fourth-order valence-electron chi connectivity index (χ4n) is 2.93. The van der Waals surface area contributed by atoms with Crippen LogP contribution in [0.4, 0.5) is 0 Å². The van der Waals surface area contributed by atoms with Crippen LogP contribution in [0, 0.1) is 6.92 Å². The van der Waals surface area contributed by atoms with E-state index in [0.29, 0.717) is 0 Å². The van der Waals surface area contributed by atoms with Gasteiger partial charge in [-0.05, 0) is 18.6 Å². The molecule has 5 heteroatoms. The third-order valence-corrected chi connectivity index (χ3v) is 4.05. The van der Waals surface area contributed by atoms with E-state index in [1.54, 1.807) is 6.33 Å². The number of para-hydroxylation sites is 1. The molecule has 0 fully saturated rings. The minimum absolute atomic E-state index is 0.123. The molecule has 0 bridgehead atoms. The number of fused-ring (bicyclic) bond motifs is 1. The van der Waals surface area contributed by atoms with Gasteiger partial charge in [-0.3, -0.25) is 0 Å². The smallest absolute Gasteiger partial charge is 0.0926 e. The van der Waals surface area contributed by atoms with Crippen molar-refractivity contribution in [2.45, 2.75) is 19.4 Å². The molecule has 5 nitrogen and oxygen atoms in total. The molecule has 0 saturated heterocycles. The highest BCUT2D eigenvalue weighted by molar-refractivity contribution is 5.40. The molecule has 0 unspecified atom stereocenters. The van der Waals surface area contributed by atoms with Crippen LogP contribution in [-0.2, 0) is 6.42 Å². The Kier molecular flexibility index (Phi) is 2.86. The van der Waals surface area contributed by atoms with E-state index >= 15 is 0 Å². The van der Waals surface area contributed by atoms with Crippen molar-refractivity contribution in [3.05, 3.63) is 65.5 Å². The predicted octanol–water partition coefficient (Wildman–Crippen LogP) is 2.14. The lowest BCUT2D eigenvalue weighted by Gasteiger charge is -2.21. The second kappa shape index (κ2) is 4.86. The van der Waals surface area contributed by atoms with Gasteiger partial charge in [-0.15, -0.1) is 0 Å². The summed E-state index contributed by atoms with van der Waals surface area (Å²) in [5.74, 6) is 0. The Morgan fingerprint density at radius 1 is 1.29 bits per heavy atom. The summed E-state index contributed by atoms with van der Waals surface area (Å²) in [7, 11) is 0. The Morgan fingerprint density at radius 2 is 2.19 bits per heavy atom. The van der Waals surface area contributed by atoms with Crippen molar-refractivity contribution in [1.82, 2.24) is 25.1 Å². The topological polar surface area (TPSA) is 58.5 Å². The van der Waals surface area contributed by atoms with Crippen LogP contribution in [0.3, 0.4) is 0 Å². The van der Waals surface area contributed by atoms with E-state index < -0.39 is 0 Å². The fourth-order valence-corrected chi connectivity index (χ4v) is 2.93. The zero-order valence-corrected chi connectivity index (χ0v) is 11.9.